The summed E-state index contributed by atoms with van der Waals surface area (Å²) in [6.07, 6.45) is -4.85. The standard InChI is InChI=1S/C12H12F3N3O2/c1-11(12(13,14)15)9(19)18(10(20)17-11)6-7-2-4-8(16)5-3-7/h2-5H,6,16H2,1H3,(H,17,20). The van der Waals surface area contributed by atoms with Crippen molar-refractivity contribution in [3.05, 3.63) is 29.8 Å². The van der Waals surface area contributed by atoms with Gasteiger partial charge in [0, 0.05) is 5.69 Å². The van der Waals surface area contributed by atoms with Gasteiger partial charge in [-0.05, 0) is 24.6 Å². The molecule has 0 bridgehead atoms. The fourth-order valence-electron chi connectivity index (χ4n) is 1.84. The predicted molar refractivity (Wildman–Crippen MR) is 64.4 cm³/mol. The lowest BCUT2D eigenvalue weighted by molar-refractivity contribution is -0.191. The van der Waals surface area contributed by atoms with Crippen LogP contribution in [0.15, 0.2) is 24.3 Å². The molecule has 0 aromatic heterocycles. The lowest BCUT2D eigenvalue weighted by atomic mass is 10.0. The Kier molecular flexibility index (Phi) is 3.11. The van der Waals surface area contributed by atoms with Crippen LogP contribution >= 0.6 is 0 Å². The maximum Gasteiger partial charge on any atom is 0.420 e. The minimum atomic E-state index is -4.85. The Balaban J connectivity index is 2.24. The second-order valence-electron chi connectivity index (χ2n) is 4.69. The van der Waals surface area contributed by atoms with Crippen LogP contribution in [-0.2, 0) is 11.3 Å². The van der Waals surface area contributed by atoms with E-state index in [4.69, 9.17) is 5.73 Å². The van der Waals surface area contributed by atoms with Gasteiger partial charge < -0.3 is 11.1 Å². The zero-order chi connectivity index (χ0) is 15.1. The number of benzene rings is 1. The molecule has 3 amide bonds. The molecule has 3 N–H and O–H groups in total. The minimum Gasteiger partial charge on any atom is -0.399 e. The van der Waals surface area contributed by atoms with Crippen molar-refractivity contribution < 1.29 is 22.8 Å². The molecule has 1 aromatic carbocycles. The number of imide groups is 1. The highest BCUT2D eigenvalue weighted by Crippen LogP contribution is 2.35. The number of nitrogens with one attached hydrogen (secondary N) is 1. The number of urea groups is 1. The van der Waals surface area contributed by atoms with Gasteiger partial charge in [-0.1, -0.05) is 12.1 Å². The van der Waals surface area contributed by atoms with Crippen molar-refractivity contribution in [1.82, 2.24) is 10.2 Å². The second-order valence-corrected chi connectivity index (χ2v) is 4.69. The number of carbonyl (C=O) groups is 2. The first-order chi connectivity index (χ1) is 9.15. The lowest BCUT2D eigenvalue weighted by Gasteiger charge is -2.24. The summed E-state index contributed by atoms with van der Waals surface area (Å²) in [4.78, 5) is 24.0. The third kappa shape index (κ3) is 2.17. The summed E-state index contributed by atoms with van der Waals surface area (Å²) < 4.78 is 38.6. The number of carbonyl (C=O) groups excluding carboxylic acids is 2. The number of halogens is 3. The van der Waals surface area contributed by atoms with Crippen molar-refractivity contribution in [2.24, 2.45) is 0 Å². The van der Waals surface area contributed by atoms with E-state index in [1.807, 2.05) is 0 Å². The molecular formula is C12H12F3N3O2. The highest BCUT2D eigenvalue weighted by molar-refractivity contribution is 6.07. The average molecular weight is 287 g/mol. The fraction of sp³-hybridized carbons (Fsp3) is 0.333. The molecule has 1 fully saturated rings. The summed E-state index contributed by atoms with van der Waals surface area (Å²) in [5, 5.41) is 1.69. The van der Waals surface area contributed by atoms with Crippen LogP contribution in [0.5, 0.6) is 0 Å². The van der Waals surface area contributed by atoms with Crippen molar-refractivity contribution >= 4 is 17.6 Å². The Hall–Kier alpha value is -2.25. The van der Waals surface area contributed by atoms with Crippen molar-refractivity contribution in [1.29, 1.82) is 0 Å². The van der Waals surface area contributed by atoms with Gasteiger partial charge in [0.05, 0.1) is 6.54 Å². The third-order valence-electron chi connectivity index (χ3n) is 3.16. The summed E-state index contributed by atoms with van der Waals surface area (Å²) in [6, 6.07) is 5.10. The van der Waals surface area contributed by atoms with E-state index in [9.17, 15) is 22.8 Å². The average Bonchev–Trinajstić information content (AvgIpc) is 2.56. The molecule has 5 nitrogen and oxygen atoms in total. The van der Waals surface area contributed by atoms with Gasteiger partial charge >= 0.3 is 12.2 Å². The maximum absolute atomic E-state index is 12.9. The molecule has 1 heterocycles. The summed E-state index contributed by atoms with van der Waals surface area (Å²) in [5.74, 6) is -1.31. The first kappa shape index (κ1) is 14.2. The molecule has 1 unspecified atom stereocenters. The molecule has 1 aliphatic heterocycles. The van der Waals surface area contributed by atoms with E-state index in [-0.39, 0.29) is 6.54 Å². The van der Waals surface area contributed by atoms with Gasteiger partial charge in [0.25, 0.3) is 5.91 Å². The number of alkyl halides is 3. The van der Waals surface area contributed by atoms with E-state index in [1.165, 1.54) is 12.1 Å². The summed E-state index contributed by atoms with van der Waals surface area (Å²) in [6.45, 7) is 0.410. The molecule has 1 atom stereocenters. The lowest BCUT2D eigenvalue weighted by Crippen LogP contribution is -2.56. The number of hydrogen-bond acceptors (Lipinski definition) is 3. The first-order valence-corrected chi connectivity index (χ1v) is 5.70. The normalized spacial score (nSPS) is 23.1. The molecule has 1 aliphatic rings. The van der Waals surface area contributed by atoms with Gasteiger partial charge in [-0.25, -0.2) is 4.79 Å². The third-order valence-corrected chi connectivity index (χ3v) is 3.16. The smallest absolute Gasteiger partial charge is 0.399 e. The van der Waals surface area contributed by atoms with Crippen LogP contribution in [0.1, 0.15) is 12.5 Å². The molecule has 1 saturated heterocycles. The highest BCUT2D eigenvalue weighted by atomic mass is 19.4. The summed E-state index contributed by atoms with van der Waals surface area (Å²) in [5.41, 5.74) is 3.59. The molecule has 0 saturated carbocycles. The van der Waals surface area contributed by atoms with Crippen LogP contribution in [0, 0.1) is 0 Å². The SMILES string of the molecule is CC1(C(F)(F)F)NC(=O)N(Cc2ccc(N)cc2)C1=O. The van der Waals surface area contributed by atoms with Crippen molar-refractivity contribution in [3.8, 4) is 0 Å². The van der Waals surface area contributed by atoms with Gasteiger partial charge in [-0.3, -0.25) is 9.69 Å². The van der Waals surface area contributed by atoms with Crippen LogP contribution in [0.25, 0.3) is 0 Å². The molecule has 0 radical (unpaired) electrons. The monoisotopic (exact) mass is 287 g/mol. The number of nitrogen functional groups attached to an aromatic ring is 1. The van der Waals surface area contributed by atoms with Gasteiger partial charge in [0.2, 0.25) is 5.54 Å². The Morgan fingerprint density at radius 1 is 1.25 bits per heavy atom. The zero-order valence-electron chi connectivity index (χ0n) is 10.5. The Morgan fingerprint density at radius 2 is 1.80 bits per heavy atom. The van der Waals surface area contributed by atoms with Gasteiger partial charge in [-0.2, -0.15) is 13.2 Å². The molecule has 108 valence electrons. The Morgan fingerprint density at radius 3 is 2.25 bits per heavy atom. The zero-order valence-corrected chi connectivity index (χ0v) is 10.5. The molecule has 0 spiro atoms. The molecular weight excluding hydrogens is 275 g/mol. The fourth-order valence-corrected chi connectivity index (χ4v) is 1.84. The number of hydrogen-bond donors (Lipinski definition) is 2. The van der Waals surface area contributed by atoms with E-state index in [1.54, 1.807) is 17.4 Å². The van der Waals surface area contributed by atoms with E-state index in [0.29, 0.717) is 23.1 Å². The Labute approximate surface area is 112 Å². The number of anilines is 1. The molecule has 20 heavy (non-hydrogen) atoms. The van der Waals surface area contributed by atoms with Crippen molar-refractivity contribution in [2.75, 3.05) is 5.73 Å². The molecule has 0 aliphatic carbocycles. The summed E-state index contributed by atoms with van der Waals surface area (Å²) >= 11 is 0. The molecule has 1 aromatic rings. The van der Waals surface area contributed by atoms with Crippen molar-refractivity contribution in [3.63, 3.8) is 0 Å². The van der Waals surface area contributed by atoms with Gasteiger partial charge in [0.15, 0.2) is 0 Å². The van der Waals surface area contributed by atoms with Crippen LogP contribution in [0.2, 0.25) is 0 Å². The van der Waals surface area contributed by atoms with Crippen LogP contribution in [-0.4, -0.2) is 28.6 Å². The van der Waals surface area contributed by atoms with E-state index in [2.05, 4.69) is 0 Å². The number of nitrogens with two attached hydrogens (primary N) is 1. The van der Waals surface area contributed by atoms with Crippen molar-refractivity contribution in [2.45, 2.75) is 25.2 Å². The first-order valence-electron chi connectivity index (χ1n) is 5.70. The topological polar surface area (TPSA) is 75.4 Å². The van der Waals surface area contributed by atoms with Crippen LogP contribution in [0.4, 0.5) is 23.7 Å². The minimum absolute atomic E-state index is 0.239. The van der Waals surface area contributed by atoms with Gasteiger partial charge in [0.1, 0.15) is 0 Å². The number of rotatable bonds is 2. The second kappa shape index (κ2) is 4.39. The van der Waals surface area contributed by atoms with E-state index < -0.39 is 23.7 Å². The summed E-state index contributed by atoms with van der Waals surface area (Å²) in [7, 11) is 0. The Bertz CT molecular complexity index is 556. The van der Waals surface area contributed by atoms with Crippen LogP contribution in [0.3, 0.4) is 0 Å². The predicted octanol–water partition coefficient (Wildman–Crippen LogP) is 1.64. The highest BCUT2D eigenvalue weighted by Gasteiger charge is 2.64. The molecule has 8 heteroatoms. The largest absolute Gasteiger partial charge is 0.420 e. The number of amides is 3. The maximum atomic E-state index is 12.9. The van der Waals surface area contributed by atoms with Crippen LogP contribution < -0.4 is 11.1 Å². The van der Waals surface area contributed by atoms with E-state index >= 15 is 0 Å². The van der Waals surface area contributed by atoms with E-state index in [0.717, 1.165) is 0 Å². The van der Waals surface area contributed by atoms with Gasteiger partial charge in [-0.15, -0.1) is 0 Å². The number of nitrogens with zero attached hydrogens (tertiary/aromatic N) is 1. The quantitative estimate of drug-likeness (QED) is 0.641. The molecule has 2 rings (SSSR count).